The Labute approximate surface area is 169 Å². The predicted molar refractivity (Wildman–Crippen MR) is 111 cm³/mol. The lowest BCUT2D eigenvalue weighted by molar-refractivity contribution is 0.353. The van der Waals surface area contributed by atoms with Crippen LogP contribution in [0.3, 0.4) is 0 Å². The SMILES string of the molecule is COc1cc2c(cc1OC)CN(c1nccc(Nc3ccc(C#N)cc3)n1)CC2. The Morgan fingerprint density at radius 3 is 2.45 bits per heavy atom. The van der Waals surface area contributed by atoms with Crippen molar-refractivity contribution in [1.29, 1.82) is 5.26 Å². The lowest BCUT2D eigenvalue weighted by Crippen LogP contribution is -2.31. The Morgan fingerprint density at radius 1 is 1.03 bits per heavy atom. The summed E-state index contributed by atoms with van der Waals surface area (Å²) in [6, 6.07) is 15.3. The van der Waals surface area contributed by atoms with E-state index in [4.69, 9.17) is 14.7 Å². The zero-order valence-electron chi connectivity index (χ0n) is 16.3. The van der Waals surface area contributed by atoms with Gasteiger partial charge in [-0.25, -0.2) is 4.98 Å². The highest BCUT2D eigenvalue weighted by Gasteiger charge is 2.21. The van der Waals surface area contributed by atoms with Crippen molar-refractivity contribution in [3.63, 3.8) is 0 Å². The molecule has 0 fully saturated rings. The Bertz CT molecular complexity index is 1060. The highest BCUT2D eigenvalue weighted by molar-refractivity contribution is 5.58. The van der Waals surface area contributed by atoms with Gasteiger partial charge in [0, 0.05) is 25.0 Å². The van der Waals surface area contributed by atoms with Crippen LogP contribution >= 0.6 is 0 Å². The highest BCUT2D eigenvalue weighted by Crippen LogP contribution is 2.34. The van der Waals surface area contributed by atoms with Crippen LogP contribution in [0.4, 0.5) is 17.5 Å². The zero-order chi connectivity index (χ0) is 20.2. The van der Waals surface area contributed by atoms with E-state index in [1.165, 1.54) is 11.1 Å². The summed E-state index contributed by atoms with van der Waals surface area (Å²) >= 11 is 0. The number of rotatable bonds is 5. The lowest BCUT2D eigenvalue weighted by Gasteiger charge is -2.29. The normalized spacial score (nSPS) is 12.7. The molecule has 29 heavy (non-hydrogen) atoms. The molecule has 0 bridgehead atoms. The van der Waals surface area contributed by atoms with Crippen molar-refractivity contribution < 1.29 is 9.47 Å². The Kier molecular flexibility index (Phi) is 5.16. The van der Waals surface area contributed by atoms with Crippen LogP contribution in [-0.2, 0) is 13.0 Å². The minimum Gasteiger partial charge on any atom is -0.493 e. The molecular formula is C22H21N5O2. The van der Waals surface area contributed by atoms with Crippen molar-refractivity contribution in [2.75, 3.05) is 31.0 Å². The van der Waals surface area contributed by atoms with Gasteiger partial charge in [0.1, 0.15) is 5.82 Å². The molecule has 146 valence electrons. The molecule has 1 aliphatic heterocycles. The van der Waals surface area contributed by atoms with E-state index in [2.05, 4.69) is 32.3 Å². The minimum absolute atomic E-state index is 0.623. The number of nitriles is 1. The number of nitrogens with zero attached hydrogens (tertiary/aromatic N) is 4. The third-order valence-corrected chi connectivity index (χ3v) is 4.93. The van der Waals surface area contributed by atoms with Gasteiger partial charge in [0.25, 0.3) is 0 Å². The number of ether oxygens (including phenoxy) is 2. The van der Waals surface area contributed by atoms with E-state index in [1.54, 1.807) is 32.5 Å². The zero-order valence-corrected chi connectivity index (χ0v) is 16.3. The molecule has 7 nitrogen and oxygen atoms in total. The van der Waals surface area contributed by atoms with Crippen molar-refractivity contribution in [2.45, 2.75) is 13.0 Å². The molecule has 0 aliphatic carbocycles. The fourth-order valence-corrected chi connectivity index (χ4v) is 3.40. The van der Waals surface area contributed by atoms with Gasteiger partial charge in [-0.05, 0) is 60.0 Å². The van der Waals surface area contributed by atoms with E-state index >= 15 is 0 Å². The van der Waals surface area contributed by atoms with Crippen molar-refractivity contribution >= 4 is 17.5 Å². The van der Waals surface area contributed by atoms with Gasteiger partial charge in [-0.1, -0.05) is 0 Å². The van der Waals surface area contributed by atoms with E-state index < -0.39 is 0 Å². The summed E-state index contributed by atoms with van der Waals surface area (Å²) in [4.78, 5) is 11.3. The molecule has 0 unspecified atom stereocenters. The van der Waals surface area contributed by atoms with E-state index in [1.807, 2.05) is 24.3 Å². The molecule has 7 heteroatoms. The fourth-order valence-electron chi connectivity index (χ4n) is 3.40. The number of nitrogens with one attached hydrogen (secondary N) is 1. The van der Waals surface area contributed by atoms with Gasteiger partial charge in [0.05, 0.1) is 25.9 Å². The van der Waals surface area contributed by atoms with Gasteiger partial charge in [-0.3, -0.25) is 0 Å². The first-order valence-electron chi connectivity index (χ1n) is 9.29. The highest BCUT2D eigenvalue weighted by atomic mass is 16.5. The second-order valence-electron chi connectivity index (χ2n) is 6.70. The van der Waals surface area contributed by atoms with Crippen LogP contribution in [0.25, 0.3) is 0 Å². The molecule has 4 rings (SSSR count). The Hall–Kier alpha value is -3.79. The average Bonchev–Trinajstić information content (AvgIpc) is 2.78. The molecule has 0 spiro atoms. The van der Waals surface area contributed by atoms with Crippen molar-refractivity contribution in [1.82, 2.24) is 9.97 Å². The maximum atomic E-state index is 8.92. The molecule has 1 N–H and O–H groups in total. The summed E-state index contributed by atoms with van der Waals surface area (Å²) in [6.45, 7) is 1.53. The smallest absolute Gasteiger partial charge is 0.227 e. The predicted octanol–water partition coefficient (Wildman–Crippen LogP) is 3.67. The Balaban J connectivity index is 1.54. The maximum absolute atomic E-state index is 8.92. The van der Waals surface area contributed by atoms with Crippen molar-refractivity contribution in [3.8, 4) is 17.6 Å². The number of fused-ring (bicyclic) bond motifs is 1. The van der Waals surface area contributed by atoms with Crippen LogP contribution in [-0.4, -0.2) is 30.7 Å². The molecule has 0 saturated carbocycles. The minimum atomic E-state index is 0.623. The second kappa shape index (κ2) is 8.07. The first-order valence-corrected chi connectivity index (χ1v) is 9.29. The van der Waals surface area contributed by atoms with Crippen LogP contribution in [0.5, 0.6) is 11.5 Å². The first kappa shape index (κ1) is 18.6. The lowest BCUT2D eigenvalue weighted by atomic mass is 9.99. The molecule has 1 aliphatic rings. The molecule has 0 atom stereocenters. The van der Waals surface area contributed by atoms with E-state index in [0.717, 1.165) is 30.2 Å². The average molecular weight is 387 g/mol. The van der Waals surface area contributed by atoms with Crippen LogP contribution < -0.4 is 19.7 Å². The molecule has 2 heterocycles. The molecule has 2 aromatic carbocycles. The van der Waals surface area contributed by atoms with Gasteiger partial charge in [-0.2, -0.15) is 10.2 Å². The fraction of sp³-hybridized carbons (Fsp3) is 0.227. The van der Waals surface area contributed by atoms with Gasteiger partial charge >= 0.3 is 0 Å². The first-order chi connectivity index (χ1) is 14.2. The molecule has 0 saturated heterocycles. The third-order valence-electron chi connectivity index (χ3n) is 4.93. The number of aromatic nitrogens is 2. The van der Waals surface area contributed by atoms with E-state index in [0.29, 0.717) is 23.9 Å². The Morgan fingerprint density at radius 2 is 1.76 bits per heavy atom. The number of hydrogen-bond donors (Lipinski definition) is 1. The van der Waals surface area contributed by atoms with E-state index in [-0.39, 0.29) is 0 Å². The molecule has 0 radical (unpaired) electrons. The van der Waals surface area contributed by atoms with Crippen LogP contribution in [0, 0.1) is 11.3 Å². The van der Waals surface area contributed by atoms with E-state index in [9.17, 15) is 0 Å². The molecule has 1 aromatic heterocycles. The topological polar surface area (TPSA) is 83.3 Å². The molecule has 3 aromatic rings. The standard InChI is InChI=1S/C22H21N5O2/c1-28-19-11-16-8-10-27(14-17(16)12-20(19)29-2)22-24-9-7-21(26-22)25-18-5-3-15(13-23)4-6-18/h3-7,9,11-12H,8,10,14H2,1-2H3,(H,24,25,26). The second-order valence-corrected chi connectivity index (χ2v) is 6.70. The van der Waals surface area contributed by atoms with Gasteiger partial charge in [0.15, 0.2) is 11.5 Å². The largest absolute Gasteiger partial charge is 0.493 e. The van der Waals surface area contributed by atoms with Gasteiger partial charge < -0.3 is 19.7 Å². The van der Waals surface area contributed by atoms with Crippen LogP contribution in [0.15, 0.2) is 48.7 Å². The summed E-state index contributed by atoms with van der Waals surface area (Å²) in [7, 11) is 3.30. The van der Waals surface area contributed by atoms with Gasteiger partial charge in [-0.15, -0.1) is 0 Å². The number of benzene rings is 2. The monoisotopic (exact) mass is 387 g/mol. The van der Waals surface area contributed by atoms with Crippen LogP contribution in [0.1, 0.15) is 16.7 Å². The summed E-state index contributed by atoms with van der Waals surface area (Å²) in [5.74, 6) is 2.86. The summed E-state index contributed by atoms with van der Waals surface area (Å²) < 4.78 is 10.9. The molecular weight excluding hydrogens is 366 g/mol. The number of methoxy groups -OCH3 is 2. The maximum Gasteiger partial charge on any atom is 0.227 e. The molecule has 0 amide bonds. The number of hydrogen-bond acceptors (Lipinski definition) is 7. The summed E-state index contributed by atoms with van der Waals surface area (Å²) in [6.07, 6.45) is 2.63. The van der Waals surface area contributed by atoms with Gasteiger partial charge in [0.2, 0.25) is 5.95 Å². The van der Waals surface area contributed by atoms with Crippen molar-refractivity contribution in [3.05, 3.63) is 65.4 Å². The quantitative estimate of drug-likeness (QED) is 0.715. The third kappa shape index (κ3) is 3.92. The van der Waals surface area contributed by atoms with Crippen molar-refractivity contribution in [2.24, 2.45) is 0 Å². The number of anilines is 3. The summed E-state index contributed by atoms with van der Waals surface area (Å²) in [5, 5.41) is 12.2. The van der Waals surface area contributed by atoms with Crippen LogP contribution in [0.2, 0.25) is 0 Å². The summed E-state index contributed by atoms with van der Waals surface area (Å²) in [5.41, 5.74) is 3.93.